The van der Waals surface area contributed by atoms with Crippen LogP contribution in [0.4, 0.5) is 4.79 Å². The molecule has 1 atom stereocenters. The van der Waals surface area contributed by atoms with Crippen LogP contribution in [0.2, 0.25) is 0 Å². The number of nitrogens with one attached hydrogen (secondary N) is 1. The van der Waals surface area contributed by atoms with Crippen molar-refractivity contribution in [2.45, 2.75) is 69.9 Å². The van der Waals surface area contributed by atoms with Gasteiger partial charge in [-0.05, 0) is 12.3 Å². The largest absolute Gasteiger partial charge is 0.480 e. The molecule has 2 rings (SSSR count). The average Bonchev–Trinajstić information content (AvgIpc) is 3.17. The molecule has 1 aliphatic carbocycles. The SMILES string of the molecule is O=CCC(C(=O)O)N(NC(=O)OC1CCOCC1)C(=O)CCC1CCCC1. The lowest BCUT2D eigenvalue weighted by atomic mass is 10.0. The maximum absolute atomic E-state index is 12.6. The van der Waals surface area contributed by atoms with E-state index in [1.807, 2.05) is 0 Å². The number of aliphatic carboxylic acids is 1. The fourth-order valence-corrected chi connectivity index (χ4v) is 3.54. The number of hydrogen-bond acceptors (Lipinski definition) is 6. The van der Waals surface area contributed by atoms with Crippen molar-refractivity contribution in [1.82, 2.24) is 10.4 Å². The number of amides is 2. The summed E-state index contributed by atoms with van der Waals surface area (Å²) in [4.78, 5) is 47.1. The summed E-state index contributed by atoms with van der Waals surface area (Å²) in [5, 5.41) is 10.1. The summed E-state index contributed by atoms with van der Waals surface area (Å²) in [5.74, 6) is -1.44. The highest BCUT2D eigenvalue weighted by Crippen LogP contribution is 2.28. The lowest BCUT2D eigenvalue weighted by Crippen LogP contribution is -2.55. The second-order valence-electron chi connectivity index (χ2n) is 7.04. The summed E-state index contributed by atoms with van der Waals surface area (Å²) in [6.45, 7) is 0.954. The van der Waals surface area contributed by atoms with Crippen LogP contribution in [0.3, 0.4) is 0 Å². The van der Waals surface area contributed by atoms with Crippen LogP contribution in [0.1, 0.15) is 57.8 Å². The Morgan fingerprint density at radius 2 is 1.85 bits per heavy atom. The molecule has 9 heteroatoms. The smallest absolute Gasteiger partial charge is 0.426 e. The molecular weight excluding hydrogens is 356 g/mol. The Bertz CT molecular complexity index is 528. The minimum Gasteiger partial charge on any atom is -0.480 e. The summed E-state index contributed by atoms with van der Waals surface area (Å²) in [5.41, 5.74) is 2.25. The fraction of sp³-hybridized carbons (Fsp3) is 0.778. The van der Waals surface area contributed by atoms with Gasteiger partial charge in [0.2, 0.25) is 5.91 Å². The maximum atomic E-state index is 12.6. The van der Waals surface area contributed by atoms with Crippen molar-refractivity contribution >= 4 is 24.3 Å². The normalized spacial score (nSPS) is 19.3. The van der Waals surface area contributed by atoms with Crippen molar-refractivity contribution in [3.05, 3.63) is 0 Å². The molecule has 0 bridgehead atoms. The Morgan fingerprint density at radius 1 is 1.19 bits per heavy atom. The van der Waals surface area contributed by atoms with Gasteiger partial charge in [0.05, 0.1) is 13.2 Å². The number of aldehydes is 1. The summed E-state index contributed by atoms with van der Waals surface area (Å²) < 4.78 is 10.4. The average molecular weight is 384 g/mol. The molecule has 1 saturated heterocycles. The number of nitrogens with zero attached hydrogens (tertiary/aromatic N) is 1. The number of ether oxygens (including phenoxy) is 2. The number of rotatable bonds is 8. The summed E-state index contributed by atoms with van der Waals surface area (Å²) in [6.07, 6.45) is 5.00. The van der Waals surface area contributed by atoms with E-state index in [9.17, 15) is 24.3 Å². The molecular formula is C18H28N2O7. The zero-order valence-corrected chi connectivity index (χ0v) is 15.4. The molecule has 2 N–H and O–H groups in total. The standard InChI is InChI=1S/C18H28N2O7/c21-10-7-15(17(23)24)20(16(22)6-5-13-3-1-2-4-13)19-18(25)27-14-8-11-26-12-9-14/h10,13-15H,1-9,11-12H2,(H,19,25)(H,23,24). The first kappa shape index (κ1) is 21.1. The molecule has 27 heavy (non-hydrogen) atoms. The van der Waals surface area contributed by atoms with E-state index < -0.39 is 30.4 Å². The van der Waals surface area contributed by atoms with Gasteiger partial charge in [0.1, 0.15) is 12.4 Å². The number of carboxylic acid groups (broad SMARTS) is 1. The van der Waals surface area contributed by atoms with Gasteiger partial charge in [-0.2, -0.15) is 0 Å². The van der Waals surface area contributed by atoms with Crippen LogP contribution in [0.15, 0.2) is 0 Å². The second kappa shape index (κ2) is 10.9. The van der Waals surface area contributed by atoms with Crippen LogP contribution in [-0.4, -0.2) is 59.7 Å². The van der Waals surface area contributed by atoms with Crippen molar-refractivity contribution in [1.29, 1.82) is 0 Å². The lowest BCUT2D eigenvalue weighted by Gasteiger charge is -2.29. The molecule has 2 amide bonds. The molecule has 0 aromatic heterocycles. The van der Waals surface area contributed by atoms with Gasteiger partial charge in [-0.3, -0.25) is 4.79 Å². The van der Waals surface area contributed by atoms with E-state index in [2.05, 4.69) is 5.43 Å². The first-order chi connectivity index (χ1) is 13.0. The molecule has 1 unspecified atom stereocenters. The van der Waals surface area contributed by atoms with E-state index in [0.717, 1.165) is 30.7 Å². The van der Waals surface area contributed by atoms with Crippen molar-refractivity contribution in [3.8, 4) is 0 Å². The molecule has 1 heterocycles. The van der Waals surface area contributed by atoms with E-state index >= 15 is 0 Å². The minimum atomic E-state index is -1.46. The van der Waals surface area contributed by atoms with Gasteiger partial charge >= 0.3 is 12.1 Å². The van der Waals surface area contributed by atoms with Crippen LogP contribution >= 0.6 is 0 Å². The first-order valence-corrected chi connectivity index (χ1v) is 9.54. The third kappa shape index (κ3) is 6.82. The molecule has 2 aliphatic rings. The maximum Gasteiger partial charge on any atom is 0.426 e. The van der Waals surface area contributed by atoms with Crippen molar-refractivity contribution in [3.63, 3.8) is 0 Å². The Hall–Kier alpha value is -2.16. The quantitative estimate of drug-likeness (QED) is 0.482. The topological polar surface area (TPSA) is 122 Å². The van der Waals surface area contributed by atoms with Gasteiger partial charge in [-0.25, -0.2) is 20.0 Å². The molecule has 0 aromatic carbocycles. The third-order valence-corrected chi connectivity index (χ3v) is 5.08. The first-order valence-electron chi connectivity index (χ1n) is 9.54. The highest BCUT2D eigenvalue weighted by atomic mass is 16.6. The third-order valence-electron chi connectivity index (χ3n) is 5.08. The number of hydrazine groups is 1. The van der Waals surface area contributed by atoms with Crippen LogP contribution < -0.4 is 5.43 Å². The molecule has 9 nitrogen and oxygen atoms in total. The summed E-state index contributed by atoms with van der Waals surface area (Å²) >= 11 is 0. The van der Waals surface area contributed by atoms with Crippen molar-refractivity contribution < 1.29 is 33.8 Å². The number of carboxylic acids is 1. The number of carbonyl (C=O) groups is 4. The van der Waals surface area contributed by atoms with Crippen LogP contribution in [0.25, 0.3) is 0 Å². The van der Waals surface area contributed by atoms with Gasteiger partial charge in [0.15, 0.2) is 6.04 Å². The Balaban J connectivity index is 1.98. The fourth-order valence-electron chi connectivity index (χ4n) is 3.54. The van der Waals surface area contributed by atoms with Gasteiger partial charge in [-0.15, -0.1) is 0 Å². The molecule has 2 fully saturated rings. The zero-order chi connectivity index (χ0) is 19.6. The zero-order valence-electron chi connectivity index (χ0n) is 15.4. The Morgan fingerprint density at radius 3 is 2.44 bits per heavy atom. The summed E-state index contributed by atoms with van der Waals surface area (Å²) in [6, 6.07) is -1.46. The van der Waals surface area contributed by atoms with Crippen molar-refractivity contribution in [2.75, 3.05) is 13.2 Å². The highest BCUT2D eigenvalue weighted by molar-refractivity contribution is 5.86. The number of hydrogen-bond donors (Lipinski definition) is 2. The van der Waals surface area contributed by atoms with Crippen LogP contribution in [0.5, 0.6) is 0 Å². The molecule has 0 spiro atoms. The lowest BCUT2D eigenvalue weighted by molar-refractivity contribution is -0.154. The van der Waals surface area contributed by atoms with Gasteiger partial charge in [0.25, 0.3) is 0 Å². The van der Waals surface area contributed by atoms with Crippen molar-refractivity contribution in [2.24, 2.45) is 5.92 Å². The van der Waals surface area contributed by atoms with Crippen LogP contribution in [-0.2, 0) is 23.9 Å². The van der Waals surface area contributed by atoms with E-state index in [-0.39, 0.29) is 12.5 Å². The van der Waals surface area contributed by atoms with E-state index in [0.29, 0.717) is 44.7 Å². The molecule has 1 aliphatic heterocycles. The molecule has 1 saturated carbocycles. The minimum absolute atomic E-state index is 0.116. The van der Waals surface area contributed by atoms with Gasteiger partial charge < -0.3 is 19.4 Å². The molecule has 0 aromatic rings. The number of carbonyl (C=O) groups excluding carboxylic acids is 3. The summed E-state index contributed by atoms with van der Waals surface area (Å²) in [7, 11) is 0. The second-order valence-corrected chi connectivity index (χ2v) is 7.04. The monoisotopic (exact) mass is 384 g/mol. The van der Waals surface area contributed by atoms with Gasteiger partial charge in [-0.1, -0.05) is 25.7 Å². The van der Waals surface area contributed by atoms with Gasteiger partial charge in [0, 0.05) is 25.7 Å². The van der Waals surface area contributed by atoms with Crippen LogP contribution in [0, 0.1) is 5.92 Å². The Labute approximate surface area is 158 Å². The van der Waals surface area contributed by atoms with E-state index in [4.69, 9.17) is 9.47 Å². The predicted molar refractivity (Wildman–Crippen MR) is 93.6 cm³/mol. The molecule has 152 valence electrons. The highest BCUT2D eigenvalue weighted by Gasteiger charge is 2.32. The van der Waals surface area contributed by atoms with E-state index in [1.54, 1.807) is 0 Å². The Kier molecular flexibility index (Phi) is 8.50. The van der Waals surface area contributed by atoms with E-state index in [1.165, 1.54) is 0 Å². The molecule has 0 radical (unpaired) electrons. The predicted octanol–water partition coefficient (Wildman–Crippen LogP) is 1.65.